The van der Waals surface area contributed by atoms with E-state index in [1.54, 1.807) is 36.4 Å². The largest absolute Gasteiger partial charge is 0.343 e. The lowest BCUT2D eigenvalue weighted by molar-refractivity contribution is -0.134. The number of carbonyl (C=O) groups is 4. The number of rotatable bonds is 9. The standard InChI is InChI=1S/C34H38N4O4/c39-31(35-30-10-6-9-28(24-30)34(42)38-19-4-5-20-38)23-26-11-14-29(15-12-26)36-33(41)27-17-21-37(22-18-27)32(40)16-13-25-7-2-1-3-8-25/h1-3,6-12,14-15,24,27H,4-5,13,16-23H2,(H,35,39)(H,36,41). The van der Waals surface area contributed by atoms with Gasteiger partial charge in [-0.2, -0.15) is 0 Å². The van der Waals surface area contributed by atoms with Gasteiger partial charge in [0.15, 0.2) is 0 Å². The van der Waals surface area contributed by atoms with Crippen LogP contribution in [0.4, 0.5) is 11.4 Å². The van der Waals surface area contributed by atoms with Crippen LogP contribution in [0.1, 0.15) is 53.6 Å². The minimum Gasteiger partial charge on any atom is -0.343 e. The molecule has 218 valence electrons. The van der Waals surface area contributed by atoms with Gasteiger partial charge in [0, 0.05) is 55.5 Å². The minimum absolute atomic E-state index is 0.000822. The zero-order valence-corrected chi connectivity index (χ0v) is 23.9. The Morgan fingerprint density at radius 3 is 2.12 bits per heavy atom. The lowest BCUT2D eigenvalue weighted by Gasteiger charge is -2.31. The van der Waals surface area contributed by atoms with E-state index in [2.05, 4.69) is 10.6 Å². The first-order chi connectivity index (χ1) is 20.4. The van der Waals surface area contributed by atoms with Gasteiger partial charge in [0.25, 0.3) is 5.91 Å². The second-order valence-electron chi connectivity index (χ2n) is 11.1. The molecule has 2 aliphatic heterocycles. The minimum atomic E-state index is -0.178. The van der Waals surface area contributed by atoms with Crippen LogP contribution in [0.25, 0.3) is 0 Å². The van der Waals surface area contributed by atoms with E-state index in [0.29, 0.717) is 49.3 Å². The molecule has 5 rings (SSSR count). The number of hydrogen-bond acceptors (Lipinski definition) is 4. The summed E-state index contributed by atoms with van der Waals surface area (Å²) in [5.74, 6) is -0.218. The molecular formula is C34H38N4O4. The number of piperidine rings is 1. The van der Waals surface area contributed by atoms with Gasteiger partial charge in [0.05, 0.1) is 6.42 Å². The van der Waals surface area contributed by atoms with Gasteiger partial charge in [-0.25, -0.2) is 0 Å². The Labute approximate surface area is 247 Å². The van der Waals surface area contributed by atoms with E-state index in [9.17, 15) is 19.2 Å². The van der Waals surface area contributed by atoms with Gasteiger partial charge in [-0.3, -0.25) is 19.2 Å². The van der Waals surface area contributed by atoms with Crippen molar-refractivity contribution in [1.82, 2.24) is 9.80 Å². The molecule has 42 heavy (non-hydrogen) atoms. The van der Waals surface area contributed by atoms with Crippen LogP contribution in [0.3, 0.4) is 0 Å². The number of nitrogens with zero attached hydrogens (tertiary/aromatic N) is 2. The number of anilines is 2. The predicted molar refractivity (Wildman–Crippen MR) is 163 cm³/mol. The van der Waals surface area contributed by atoms with E-state index >= 15 is 0 Å². The highest BCUT2D eigenvalue weighted by Crippen LogP contribution is 2.21. The Kier molecular flexibility index (Phi) is 9.64. The Morgan fingerprint density at radius 1 is 0.690 bits per heavy atom. The van der Waals surface area contributed by atoms with Crippen LogP contribution in [0.2, 0.25) is 0 Å². The average Bonchev–Trinajstić information content (AvgIpc) is 3.56. The number of carbonyl (C=O) groups excluding carboxylic acids is 4. The van der Waals surface area contributed by atoms with Crippen LogP contribution in [0.15, 0.2) is 78.9 Å². The van der Waals surface area contributed by atoms with Crippen molar-refractivity contribution < 1.29 is 19.2 Å². The molecule has 0 radical (unpaired) electrons. The molecular weight excluding hydrogens is 528 g/mol. The summed E-state index contributed by atoms with van der Waals surface area (Å²) in [5.41, 5.74) is 3.83. The summed E-state index contributed by atoms with van der Waals surface area (Å²) in [7, 11) is 0. The topological polar surface area (TPSA) is 98.8 Å². The van der Waals surface area contributed by atoms with Crippen molar-refractivity contribution in [2.75, 3.05) is 36.8 Å². The highest BCUT2D eigenvalue weighted by Gasteiger charge is 2.27. The molecule has 8 nitrogen and oxygen atoms in total. The van der Waals surface area contributed by atoms with Gasteiger partial charge < -0.3 is 20.4 Å². The van der Waals surface area contributed by atoms with Crippen LogP contribution in [-0.2, 0) is 27.2 Å². The van der Waals surface area contributed by atoms with Gasteiger partial charge in [0.2, 0.25) is 17.7 Å². The highest BCUT2D eigenvalue weighted by molar-refractivity contribution is 5.98. The molecule has 2 fully saturated rings. The SMILES string of the molecule is O=C(Cc1ccc(NC(=O)C2CCN(C(=O)CCc3ccccc3)CC2)cc1)Nc1cccc(C(=O)N2CCCC2)c1. The van der Waals surface area contributed by atoms with Gasteiger partial charge in [0.1, 0.15) is 0 Å². The van der Waals surface area contributed by atoms with E-state index < -0.39 is 0 Å². The number of amides is 4. The van der Waals surface area contributed by atoms with Gasteiger partial charge >= 0.3 is 0 Å². The fourth-order valence-corrected chi connectivity index (χ4v) is 5.62. The summed E-state index contributed by atoms with van der Waals surface area (Å²) < 4.78 is 0. The summed E-state index contributed by atoms with van der Waals surface area (Å²) in [4.78, 5) is 54.5. The fourth-order valence-electron chi connectivity index (χ4n) is 5.62. The molecule has 2 N–H and O–H groups in total. The lowest BCUT2D eigenvalue weighted by atomic mass is 9.95. The van der Waals surface area contributed by atoms with Crippen molar-refractivity contribution in [3.8, 4) is 0 Å². The molecule has 0 aromatic heterocycles. The van der Waals surface area contributed by atoms with Crippen molar-refractivity contribution in [1.29, 1.82) is 0 Å². The molecule has 0 unspecified atom stereocenters. The zero-order valence-electron chi connectivity index (χ0n) is 23.9. The first-order valence-electron chi connectivity index (χ1n) is 14.9. The summed E-state index contributed by atoms with van der Waals surface area (Å²) in [6.07, 6.45) is 4.73. The highest BCUT2D eigenvalue weighted by atomic mass is 16.2. The van der Waals surface area contributed by atoms with E-state index in [1.165, 1.54) is 0 Å². The van der Waals surface area contributed by atoms with Crippen molar-refractivity contribution >= 4 is 35.0 Å². The summed E-state index contributed by atoms with van der Waals surface area (Å²) >= 11 is 0. The third-order valence-electron chi connectivity index (χ3n) is 8.06. The Hall–Kier alpha value is -4.46. The number of benzene rings is 3. The molecule has 0 spiro atoms. The van der Waals surface area contributed by atoms with E-state index in [1.807, 2.05) is 52.3 Å². The third kappa shape index (κ3) is 7.84. The number of nitrogens with one attached hydrogen (secondary N) is 2. The predicted octanol–water partition coefficient (Wildman–Crippen LogP) is 4.91. The van der Waals surface area contributed by atoms with Crippen LogP contribution in [-0.4, -0.2) is 59.6 Å². The molecule has 0 atom stereocenters. The molecule has 0 aliphatic carbocycles. The monoisotopic (exact) mass is 566 g/mol. The fraction of sp³-hybridized carbons (Fsp3) is 0.353. The Bertz CT molecular complexity index is 1390. The van der Waals surface area contributed by atoms with Crippen LogP contribution in [0, 0.1) is 5.92 Å². The van der Waals surface area contributed by atoms with Crippen molar-refractivity contribution in [3.05, 3.63) is 95.6 Å². The maximum atomic E-state index is 12.9. The quantitative estimate of drug-likeness (QED) is 0.384. The molecule has 3 aromatic rings. The van der Waals surface area contributed by atoms with Crippen LogP contribution >= 0.6 is 0 Å². The van der Waals surface area contributed by atoms with Gasteiger partial charge in [-0.1, -0.05) is 48.5 Å². The number of aryl methyl sites for hydroxylation is 1. The zero-order chi connectivity index (χ0) is 29.3. The normalized spacial score (nSPS) is 15.3. The molecule has 0 bridgehead atoms. The lowest BCUT2D eigenvalue weighted by Crippen LogP contribution is -2.41. The van der Waals surface area contributed by atoms with Gasteiger partial charge in [-0.15, -0.1) is 0 Å². The third-order valence-corrected chi connectivity index (χ3v) is 8.06. The first-order valence-corrected chi connectivity index (χ1v) is 14.9. The van der Waals surface area contributed by atoms with Crippen LogP contribution in [0.5, 0.6) is 0 Å². The van der Waals surface area contributed by atoms with Crippen molar-refractivity contribution in [3.63, 3.8) is 0 Å². The summed E-state index contributed by atoms with van der Waals surface area (Å²) in [5, 5.41) is 5.87. The maximum absolute atomic E-state index is 12.9. The summed E-state index contributed by atoms with van der Waals surface area (Å²) in [6, 6.07) is 24.3. The van der Waals surface area contributed by atoms with Crippen molar-refractivity contribution in [2.45, 2.75) is 44.9 Å². The van der Waals surface area contributed by atoms with Crippen LogP contribution < -0.4 is 10.6 Å². The van der Waals surface area contributed by atoms with Crippen molar-refractivity contribution in [2.24, 2.45) is 5.92 Å². The molecule has 2 aliphatic rings. The molecule has 2 heterocycles. The molecule has 2 saturated heterocycles. The molecule has 8 heteroatoms. The number of hydrogen-bond donors (Lipinski definition) is 2. The second-order valence-corrected chi connectivity index (χ2v) is 11.1. The van der Waals surface area contributed by atoms with Gasteiger partial charge in [-0.05, 0) is 73.6 Å². The maximum Gasteiger partial charge on any atom is 0.253 e. The van der Waals surface area contributed by atoms with E-state index in [4.69, 9.17) is 0 Å². The van der Waals surface area contributed by atoms with E-state index in [0.717, 1.165) is 43.5 Å². The first kappa shape index (κ1) is 29.0. The molecule has 3 aromatic carbocycles. The Balaban J connectivity index is 1.05. The van der Waals surface area contributed by atoms with E-state index in [-0.39, 0.29) is 36.0 Å². The smallest absolute Gasteiger partial charge is 0.253 e. The number of likely N-dealkylation sites (tertiary alicyclic amines) is 2. The molecule has 4 amide bonds. The molecule has 0 saturated carbocycles. The average molecular weight is 567 g/mol. The summed E-state index contributed by atoms with van der Waals surface area (Å²) in [6.45, 7) is 2.74. The Morgan fingerprint density at radius 2 is 1.40 bits per heavy atom. The second kappa shape index (κ2) is 13.9.